The van der Waals surface area contributed by atoms with Gasteiger partial charge < -0.3 is 9.88 Å². The molecule has 8 heteroatoms. The maximum atomic E-state index is 12.3. The first-order chi connectivity index (χ1) is 12.0. The van der Waals surface area contributed by atoms with Crippen LogP contribution in [-0.2, 0) is 17.8 Å². The molecule has 25 heavy (non-hydrogen) atoms. The van der Waals surface area contributed by atoms with E-state index < -0.39 is 0 Å². The van der Waals surface area contributed by atoms with Gasteiger partial charge in [-0.05, 0) is 37.5 Å². The minimum atomic E-state index is -0.187. The molecule has 0 bridgehead atoms. The molecular weight excluding hydrogens is 379 g/mol. The van der Waals surface area contributed by atoms with Gasteiger partial charge in [-0.1, -0.05) is 47.5 Å². The number of amides is 1. The summed E-state index contributed by atoms with van der Waals surface area (Å²) in [6.45, 7) is 2.84. The van der Waals surface area contributed by atoms with Crippen molar-refractivity contribution in [3.63, 3.8) is 0 Å². The number of carbonyl (C=O) groups excluding carboxylic acids is 1. The van der Waals surface area contributed by atoms with Gasteiger partial charge in [0, 0.05) is 23.0 Å². The summed E-state index contributed by atoms with van der Waals surface area (Å²) in [5.74, 6) is 1.27. The number of hydrogen-bond donors (Lipinski definition) is 1. The molecule has 0 saturated heterocycles. The zero-order valence-corrected chi connectivity index (χ0v) is 16.3. The number of halogens is 2. The highest BCUT2D eigenvalue weighted by Gasteiger charge is 2.17. The highest BCUT2D eigenvalue weighted by atomic mass is 35.5. The average molecular weight is 399 g/mol. The normalized spacial score (nSPS) is 15.3. The Balaban J connectivity index is 1.57. The van der Waals surface area contributed by atoms with E-state index >= 15 is 0 Å². The van der Waals surface area contributed by atoms with Crippen LogP contribution in [0.3, 0.4) is 0 Å². The Morgan fingerprint density at radius 1 is 1.32 bits per heavy atom. The van der Waals surface area contributed by atoms with Crippen LogP contribution in [0.25, 0.3) is 0 Å². The van der Waals surface area contributed by atoms with Crippen LogP contribution >= 0.6 is 35.0 Å². The molecule has 0 fully saturated rings. The highest BCUT2D eigenvalue weighted by molar-refractivity contribution is 7.99. The standard InChI is InChI=1S/C17H20Cl2N4OS/c1-11(13-7-6-12(18)9-14(13)19)20-16(24)10-25-17-22-21-15-5-3-2-4-8-23(15)17/h6-7,9,11H,2-5,8,10H2,1H3,(H,20,24)/t11-/m1/s1. The van der Waals surface area contributed by atoms with Gasteiger partial charge >= 0.3 is 0 Å². The zero-order chi connectivity index (χ0) is 17.8. The monoisotopic (exact) mass is 398 g/mol. The topological polar surface area (TPSA) is 59.8 Å². The summed E-state index contributed by atoms with van der Waals surface area (Å²) in [6, 6.07) is 5.10. The molecule has 1 N–H and O–H groups in total. The number of benzene rings is 1. The molecule has 0 aliphatic carbocycles. The van der Waals surface area contributed by atoms with Gasteiger partial charge in [0.05, 0.1) is 11.8 Å². The number of thioether (sulfide) groups is 1. The van der Waals surface area contributed by atoms with Crippen molar-refractivity contribution < 1.29 is 4.79 Å². The van der Waals surface area contributed by atoms with Crippen molar-refractivity contribution in [1.29, 1.82) is 0 Å². The molecule has 134 valence electrons. The van der Waals surface area contributed by atoms with E-state index in [9.17, 15) is 4.79 Å². The van der Waals surface area contributed by atoms with E-state index in [-0.39, 0.29) is 11.9 Å². The SMILES string of the molecule is C[C@@H](NC(=O)CSc1nnc2n1CCCCC2)c1ccc(Cl)cc1Cl. The Morgan fingerprint density at radius 3 is 2.96 bits per heavy atom. The van der Waals surface area contributed by atoms with E-state index in [2.05, 4.69) is 20.1 Å². The third-order valence-electron chi connectivity index (χ3n) is 4.21. The molecule has 0 saturated carbocycles. The lowest BCUT2D eigenvalue weighted by Gasteiger charge is -2.16. The van der Waals surface area contributed by atoms with Gasteiger partial charge in [-0.15, -0.1) is 10.2 Å². The molecule has 1 amide bonds. The van der Waals surface area contributed by atoms with E-state index in [0.717, 1.165) is 42.4 Å². The Labute approximate surface area is 161 Å². The first-order valence-corrected chi connectivity index (χ1v) is 10.1. The van der Waals surface area contributed by atoms with Crippen LogP contribution in [0, 0.1) is 0 Å². The van der Waals surface area contributed by atoms with Gasteiger partial charge in [-0.3, -0.25) is 4.79 Å². The van der Waals surface area contributed by atoms with Gasteiger partial charge in [0.15, 0.2) is 5.16 Å². The summed E-state index contributed by atoms with van der Waals surface area (Å²) >= 11 is 13.5. The van der Waals surface area contributed by atoms with Crippen LogP contribution in [0.1, 0.15) is 43.6 Å². The van der Waals surface area contributed by atoms with Crippen LogP contribution in [0.4, 0.5) is 0 Å². The average Bonchev–Trinajstić information content (AvgIpc) is 2.79. The van der Waals surface area contributed by atoms with E-state index in [4.69, 9.17) is 23.2 Å². The quantitative estimate of drug-likeness (QED) is 0.763. The van der Waals surface area contributed by atoms with E-state index in [0.29, 0.717) is 15.8 Å². The first-order valence-electron chi connectivity index (χ1n) is 8.34. The highest BCUT2D eigenvalue weighted by Crippen LogP contribution is 2.26. The minimum Gasteiger partial charge on any atom is -0.349 e. The Hall–Kier alpha value is -1.24. The van der Waals surface area contributed by atoms with Crippen molar-refractivity contribution >= 4 is 40.9 Å². The van der Waals surface area contributed by atoms with Crippen LogP contribution in [0.2, 0.25) is 10.0 Å². The largest absolute Gasteiger partial charge is 0.349 e. The lowest BCUT2D eigenvalue weighted by molar-refractivity contribution is -0.119. The molecule has 1 aromatic carbocycles. The number of nitrogens with zero attached hydrogens (tertiary/aromatic N) is 3. The zero-order valence-electron chi connectivity index (χ0n) is 14.0. The molecule has 3 rings (SSSR count). The molecule has 1 aliphatic rings. The molecular formula is C17H20Cl2N4OS. The second-order valence-electron chi connectivity index (χ2n) is 6.10. The summed E-state index contributed by atoms with van der Waals surface area (Å²) < 4.78 is 2.14. The van der Waals surface area contributed by atoms with Crippen molar-refractivity contribution in [2.75, 3.05) is 5.75 Å². The fourth-order valence-corrected chi connectivity index (χ4v) is 4.28. The van der Waals surface area contributed by atoms with Crippen molar-refractivity contribution in [3.8, 4) is 0 Å². The third-order valence-corrected chi connectivity index (χ3v) is 5.74. The summed E-state index contributed by atoms with van der Waals surface area (Å²) in [5.41, 5.74) is 0.848. The van der Waals surface area contributed by atoms with E-state index in [1.807, 2.05) is 13.0 Å². The van der Waals surface area contributed by atoms with Crippen LogP contribution in [0.15, 0.2) is 23.4 Å². The van der Waals surface area contributed by atoms with Gasteiger partial charge in [0.1, 0.15) is 5.82 Å². The van der Waals surface area contributed by atoms with Crippen molar-refractivity contribution in [3.05, 3.63) is 39.6 Å². The number of fused-ring (bicyclic) bond motifs is 1. The summed E-state index contributed by atoms with van der Waals surface area (Å²) in [4.78, 5) is 12.3. The molecule has 1 aromatic heterocycles. The number of hydrogen-bond acceptors (Lipinski definition) is 4. The smallest absolute Gasteiger partial charge is 0.230 e. The van der Waals surface area contributed by atoms with Crippen molar-refractivity contribution in [2.24, 2.45) is 0 Å². The summed E-state index contributed by atoms with van der Waals surface area (Å²) in [5, 5.41) is 13.4. The molecule has 0 spiro atoms. The minimum absolute atomic E-state index is 0.0607. The van der Waals surface area contributed by atoms with Gasteiger partial charge in [-0.2, -0.15) is 0 Å². The van der Waals surface area contributed by atoms with Gasteiger partial charge in [0.25, 0.3) is 0 Å². The molecule has 2 heterocycles. The maximum absolute atomic E-state index is 12.3. The fourth-order valence-electron chi connectivity index (χ4n) is 2.91. The molecule has 1 aliphatic heterocycles. The Morgan fingerprint density at radius 2 is 2.16 bits per heavy atom. The molecule has 1 atom stereocenters. The summed E-state index contributed by atoms with van der Waals surface area (Å²) in [7, 11) is 0. The van der Waals surface area contributed by atoms with E-state index in [1.54, 1.807) is 12.1 Å². The van der Waals surface area contributed by atoms with Gasteiger partial charge in [-0.25, -0.2) is 0 Å². The van der Waals surface area contributed by atoms with Crippen LogP contribution in [-0.4, -0.2) is 26.4 Å². The van der Waals surface area contributed by atoms with Crippen LogP contribution < -0.4 is 5.32 Å². The van der Waals surface area contributed by atoms with Gasteiger partial charge in [0.2, 0.25) is 5.91 Å². The molecule has 0 radical (unpaired) electrons. The number of carbonyl (C=O) groups is 1. The summed E-state index contributed by atoms with van der Waals surface area (Å²) in [6.07, 6.45) is 4.47. The second kappa shape index (κ2) is 8.43. The molecule has 0 unspecified atom stereocenters. The second-order valence-corrected chi connectivity index (χ2v) is 7.89. The number of aromatic nitrogens is 3. The van der Waals surface area contributed by atoms with Crippen LogP contribution in [0.5, 0.6) is 0 Å². The molecule has 2 aromatic rings. The predicted molar refractivity (Wildman–Crippen MR) is 101 cm³/mol. The van der Waals surface area contributed by atoms with E-state index in [1.165, 1.54) is 18.2 Å². The maximum Gasteiger partial charge on any atom is 0.230 e. The number of nitrogens with one attached hydrogen (secondary N) is 1. The van der Waals surface area contributed by atoms with Crippen molar-refractivity contribution in [2.45, 2.75) is 50.4 Å². The number of aryl methyl sites for hydroxylation is 1. The first kappa shape index (κ1) is 18.5. The lowest BCUT2D eigenvalue weighted by Crippen LogP contribution is -2.28. The third kappa shape index (κ3) is 4.68. The predicted octanol–water partition coefficient (Wildman–Crippen LogP) is 4.28. The molecule has 5 nitrogen and oxygen atoms in total. The fraction of sp³-hybridized carbons (Fsp3) is 0.471. The Kier molecular flexibility index (Phi) is 6.25. The number of rotatable bonds is 5. The Bertz CT molecular complexity index is 765. The van der Waals surface area contributed by atoms with Crippen molar-refractivity contribution in [1.82, 2.24) is 20.1 Å². The lowest BCUT2D eigenvalue weighted by atomic mass is 10.1.